The van der Waals surface area contributed by atoms with Crippen LogP contribution < -0.4 is 0 Å². The van der Waals surface area contributed by atoms with Crippen molar-refractivity contribution in [1.29, 1.82) is 0 Å². The summed E-state index contributed by atoms with van der Waals surface area (Å²) >= 11 is 9.17. The molecule has 1 unspecified atom stereocenters. The summed E-state index contributed by atoms with van der Waals surface area (Å²) in [5.41, 5.74) is 0.587. The Balaban J connectivity index is 2.18. The van der Waals surface area contributed by atoms with Gasteiger partial charge in [0.1, 0.15) is 0 Å². The van der Waals surface area contributed by atoms with Crippen LogP contribution in [0.4, 0.5) is 0 Å². The number of nitrogens with zero attached hydrogens (tertiary/aromatic N) is 1. The van der Waals surface area contributed by atoms with Crippen LogP contribution in [0.25, 0.3) is 0 Å². The van der Waals surface area contributed by atoms with Crippen molar-refractivity contribution in [3.05, 3.63) is 33.3 Å². The zero-order chi connectivity index (χ0) is 12.4. The molecule has 0 radical (unpaired) electrons. The van der Waals surface area contributed by atoms with E-state index in [4.69, 9.17) is 11.6 Å². The molecule has 17 heavy (non-hydrogen) atoms. The molecule has 92 valence electrons. The molecule has 1 aromatic carbocycles. The highest BCUT2D eigenvalue weighted by molar-refractivity contribution is 9.10. The van der Waals surface area contributed by atoms with Crippen LogP contribution in [0, 0.1) is 0 Å². The van der Waals surface area contributed by atoms with Gasteiger partial charge in [-0.3, -0.25) is 4.79 Å². The van der Waals surface area contributed by atoms with Crippen LogP contribution in [-0.4, -0.2) is 35.1 Å². The Labute approximate surface area is 114 Å². The van der Waals surface area contributed by atoms with Gasteiger partial charge in [0, 0.05) is 22.6 Å². The Morgan fingerprint density at radius 2 is 2.29 bits per heavy atom. The Hall–Kier alpha value is -0.580. The number of piperidine rings is 1. The van der Waals surface area contributed by atoms with Crippen molar-refractivity contribution in [3.63, 3.8) is 0 Å². The van der Waals surface area contributed by atoms with E-state index in [9.17, 15) is 9.90 Å². The number of hydrogen-bond acceptors (Lipinski definition) is 2. The molecule has 0 aromatic heterocycles. The third-order valence-electron chi connectivity index (χ3n) is 2.85. The van der Waals surface area contributed by atoms with E-state index in [1.165, 1.54) is 0 Å². The first-order valence-corrected chi connectivity index (χ1v) is 6.67. The summed E-state index contributed by atoms with van der Waals surface area (Å²) in [5.74, 6) is -0.0627. The van der Waals surface area contributed by atoms with Gasteiger partial charge in [-0.05, 0) is 47.0 Å². The van der Waals surface area contributed by atoms with E-state index in [-0.39, 0.29) is 5.91 Å². The van der Waals surface area contributed by atoms with E-state index in [0.717, 1.165) is 12.8 Å². The monoisotopic (exact) mass is 317 g/mol. The fraction of sp³-hybridized carbons (Fsp3) is 0.417. The number of carbonyl (C=O) groups is 1. The van der Waals surface area contributed by atoms with E-state index >= 15 is 0 Å². The molecule has 1 amide bonds. The van der Waals surface area contributed by atoms with Crippen molar-refractivity contribution in [2.24, 2.45) is 0 Å². The largest absolute Gasteiger partial charge is 0.391 e. The van der Waals surface area contributed by atoms with E-state index in [1.54, 1.807) is 23.1 Å². The van der Waals surface area contributed by atoms with Crippen LogP contribution in [0.3, 0.4) is 0 Å². The van der Waals surface area contributed by atoms with Crippen LogP contribution in [0.2, 0.25) is 5.02 Å². The van der Waals surface area contributed by atoms with Gasteiger partial charge in [0.2, 0.25) is 0 Å². The first-order valence-electron chi connectivity index (χ1n) is 5.50. The second-order valence-electron chi connectivity index (χ2n) is 4.17. The number of β-amino-alcohol motifs (C(OH)–C–C–N with tert-alkyl or cyclic N) is 1. The van der Waals surface area contributed by atoms with Gasteiger partial charge in [0.05, 0.1) is 11.7 Å². The van der Waals surface area contributed by atoms with Crippen molar-refractivity contribution in [3.8, 4) is 0 Å². The lowest BCUT2D eigenvalue weighted by Crippen LogP contribution is -2.42. The summed E-state index contributed by atoms with van der Waals surface area (Å²) in [6, 6.07) is 5.10. The average molecular weight is 319 g/mol. The normalized spacial score (nSPS) is 20.4. The van der Waals surface area contributed by atoms with Crippen molar-refractivity contribution in [2.75, 3.05) is 13.1 Å². The number of aliphatic hydroxyl groups excluding tert-OH is 1. The highest BCUT2D eigenvalue weighted by Crippen LogP contribution is 2.24. The molecular formula is C12H13BrClNO2. The van der Waals surface area contributed by atoms with E-state index in [1.807, 2.05) is 0 Å². The molecule has 1 aromatic rings. The smallest absolute Gasteiger partial charge is 0.255 e. The van der Waals surface area contributed by atoms with Gasteiger partial charge in [-0.15, -0.1) is 0 Å². The van der Waals surface area contributed by atoms with Crippen molar-refractivity contribution < 1.29 is 9.90 Å². The maximum absolute atomic E-state index is 12.2. The summed E-state index contributed by atoms with van der Waals surface area (Å²) in [5, 5.41) is 10.2. The maximum atomic E-state index is 12.2. The minimum absolute atomic E-state index is 0.0627. The number of rotatable bonds is 1. The third-order valence-corrected chi connectivity index (χ3v) is 3.74. The lowest BCUT2D eigenvalue weighted by Gasteiger charge is -2.30. The van der Waals surface area contributed by atoms with Gasteiger partial charge in [-0.2, -0.15) is 0 Å². The fourth-order valence-electron chi connectivity index (χ4n) is 1.97. The average Bonchev–Trinajstić information content (AvgIpc) is 2.28. The summed E-state index contributed by atoms with van der Waals surface area (Å²) in [7, 11) is 0. The molecule has 2 rings (SSSR count). The molecule has 3 nitrogen and oxygen atoms in total. The van der Waals surface area contributed by atoms with E-state index in [2.05, 4.69) is 15.9 Å². The Morgan fingerprint density at radius 1 is 1.53 bits per heavy atom. The minimum atomic E-state index is -0.404. The Morgan fingerprint density at radius 3 is 2.94 bits per heavy atom. The molecule has 5 heteroatoms. The summed E-state index contributed by atoms with van der Waals surface area (Å²) in [6.07, 6.45) is 1.21. The van der Waals surface area contributed by atoms with Crippen LogP contribution in [0.1, 0.15) is 23.2 Å². The van der Waals surface area contributed by atoms with Gasteiger partial charge in [0.15, 0.2) is 0 Å². The molecule has 0 aliphatic carbocycles. The van der Waals surface area contributed by atoms with Crippen molar-refractivity contribution >= 4 is 33.4 Å². The molecule has 1 fully saturated rings. The summed E-state index contributed by atoms with van der Waals surface area (Å²) in [4.78, 5) is 13.9. The predicted octanol–water partition coefficient (Wildman–Crippen LogP) is 2.70. The molecule has 1 N–H and O–H groups in total. The van der Waals surface area contributed by atoms with Gasteiger partial charge in [0.25, 0.3) is 5.91 Å². The van der Waals surface area contributed by atoms with Crippen LogP contribution in [0.15, 0.2) is 22.7 Å². The maximum Gasteiger partial charge on any atom is 0.255 e. The number of likely N-dealkylation sites (tertiary alicyclic amines) is 1. The molecule has 1 aliphatic heterocycles. The fourth-order valence-corrected chi connectivity index (χ4v) is 2.82. The van der Waals surface area contributed by atoms with Crippen LogP contribution in [-0.2, 0) is 0 Å². The van der Waals surface area contributed by atoms with Crippen molar-refractivity contribution in [1.82, 2.24) is 4.90 Å². The zero-order valence-corrected chi connectivity index (χ0v) is 11.5. The van der Waals surface area contributed by atoms with E-state index in [0.29, 0.717) is 28.1 Å². The molecule has 0 bridgehead atoms. The van der Waals surface area contributed by atoms with Crippen LogP contribution >= 0.6 is 27.5 Å². The highest BCUT2D eigenvalue weighted by atomic mass is 79.9. The molecule has 0 spiro atoms. The van der Waals surface area contributed by atoms with Crippen molar-refractivity contribution in [2.45, 2.75) is 18.9 Å². The number of amides is 1. The molecule has 1 atom stereocenters. The second kappa shape index (κ2) is 5.38. The summed E-state index contributed by atoms with van der Waals surface area (Å²) < 4.78 is 0.690. The number of aliphatic hydroxyl groups is 1. The lowest BCUT2D eigenvalue weighted by molar-refractivity contribution is 0.0473. The molecule has 0 saturated carbocycles. The van der Waals surface area contributed by atoms with E-state index < -0.39 is 6.10 Å². The Bertz CT molecular complexity index is 439. The highest BCUT2D eigenvalue weighted by Gasteiger charge is 2.24. The number of hydrogen-bond donors (Lipinski definition) is 1. The zero-order valence-electron chi connectivity index (χ0n) is 9.20. The SMILES string of the molecule is O=C(c1ccc(Cl)cc1Br)N1CCCC(O)C1. The predicted molar refractivity (Wildman–Crippen MR) is 70.3 cm³/mol. The van der Waals surface area contributed by atoms with Gasteiger partial charge < -0.3 is 10.0 Å². The molecule has 1 saturated heterocycles. The number of carbonyl (C=O) groups excluding carboxylic acids is 1. The van der Waals surface area contributed by atoms with Gasteiger partial charge >= 0.3 is 0 Å². The Kier molecular flexibility index (Phi) is 4.07. The number of benzene rings is 1. The van der Waals surface area contributed by atoms with Gasteiger partial charge in [-0.1, -0.05) is 11.6 Å². The van der Waals surface area contributed by atoms with Crippen LogP contribution in [0.5, 0.6) is 0 Å². The summed E-state index contributed by atoms with van der Waals surface area (Å²) in [6.45, 7) is 1.11. The standard InChI is InChI=1S/C12H13BrClNO2/c13-11-6-8(14)3-4-10(11)12(17)15-5-1-2-9(16)7-15/h3-4,6,9,16H,1-2,5,7H2. The second-order valence-corrected chi connectivity index (χ2v) is 5.46. The first-order chi connectivity index (χ1) is 8.08. The topological polar surface area (TPSA) is 40.5 Å². The quantitative estimate of drug-likeness (QED) is 0.865. The minimum Gasteiger partial charge on any atom is -0.391 e. The molecule has 1 aliphatic rings. The molecule has 1 heterocycles. The number of halogens is 2. The van der Waals surface area contributed by atoms with Gasteiger partial charge in [-0.25, -0.2) is 0 Å². The first kappa shape index (κ1) is 12.9. The molecular weight excluding hydrogens is 305 g/mol. The third kappa shape index (κ3) is 3.00. The lowest BCUT2D eigenvalue weighted by atomic mass is 10.1.